The molecule has 0 radical (unpaired) electrons. The van der Waals surface area contributed by atoms with Gasteiger partial charge in [-0.1, -0.05) is 39.7 Å². The van der Waals surface area contributed by atoms with E-state index in [1.54, 1.807) is 30.3 Å². The fourth-order valence-electron chi connectivity index (χ4n) is 2.99. The Morgan fingerprint density at radius 3 is 2.67 bits per heavy atom. The van der Waals surface area contributed by atoms with Crippen LogP contribution in [-0.4, -0.2) is 19.0 Å². The molecule has 1 heterocycles. The van der Waals surface area contributed by atoms with Crippen LogP contribution < -0.4 is 4.31 Å². The molecule has 0 saturated carbocycles. The topological polar surface area (TPSA) is 37.4 Å². The van der Waals surface area contributed by atoms with E-state index in [-0.39, 0.29) is 5.69 Å². The average Bonchev–Trinajstić information content (AvgIpc) is 2.54. The van der Waals surface area contributed by atoms with Crippen LogP contribution in [0.25, 0.3) is 0 Å². The Labute approximate surface area is 154 Å². The van der Waals surface area contributed by atoms with Gasteiger partial charge < -0.3 is 0 Å². The molecule has 0 spiro atoms. The Balaban J connectivity index is 2.19. The summed E-state index contributed by atoms with van der Waals surface area (Å²) in [7, 11) is -3.71. The van der Waals surface area contributed by atoms with Crippen LogP contribution >= 0.6 is 27.5 Å². The van der Waals surface area contributed by atoms with Gasteiger partial charge in [0.1, 0.15) is 5.82 Å². The largest absolute Gasteiger partial charge is 0.242 e. The monoisotopic (exact) mass is 431 g/mol. The molecule has 0 aliphatic carbocycles. The quantitative estimate of drug-likeness (QED) is 0.634. The SMILES string of the molecule is O=S1(=O)C(CCCBr)Cc2cc(Cl)ccc2N1c1ccccc1F. The molecule has 0 saturated heterocycles. The Kier molecular flexibility index (Phi) is 5.18. The maximum absolute atomic E-state index is 14.3. The molecule has 1 aliphatic rings. The van der Waals surface area contributed by atoms with Gasteiger partial charge in [0.05, 0.1) is 16.6 Å². The number of alkyl halides is 1. The minimum Gasteiger partial charge on any atom is -0.235 e. The van der Waals surface area contributed by atoms with Crippen molar-refractivity contribution in [3.63, 3.8) is 0 Å². The van der Waals surface area contributed by atoms with Crippen molar-refractivity contribution in [2.45, 2.75) is 24.5 Å². The van der Waals surface area contributed by atoms with E-state index < -0.39 is 21.1 Å². The summed E-state index contributed by atoms with van der Waals surface area (Å²) in [5.41, 5.74) is 1.34. The summed E-state index contributed by atoms with van der Waals surface area (Å²) in [6, 6.07) is 11.0. The zero-order valence-corrected chi connectivity index (χ0v) is 15.9. The van der Waals surface area contributed by atoms with Gasteiger partial charge in [0, 0.05) is 10.4 Å². The summed E-state index contributed by atoms with van der Waals surface area (Å²) in [4.78, 5) is 0. The number of nitrogens with zero attached hydrogens (tertiary/aromatic N) is 1. The fourth-order valence-corrected chi connectivity index (χ4v) is 5.54. The van der Waals surface area contributed by atoms with Gasteiger partial charge in [-0.05, 0) is 55.2 Å². The minimum atomic E-state index is -3.71. The van der Waals surface area contributed by atoms with Gasteiger partial charge in [-0.25, -0.2) is 17.1 Å². The van der Waals surface area contributed by atoms with Gasteiger partial charge in [-0.15, -0.1) is 0 Å². The van der Waals surface area contributed by atoms with Gasteiger partial charge in [0.15, 0.2) is 0 Å². The maximum Gasteiger partial charge on any atom is 0.242 e. The molecule has 2 aromatic rings. The van der Waals surface area contributed by atoms with Crippen LogP contribution in [0.3, 0.4) is 0 Å². The highest BCUT2D eigenvalue weighted by Gasteiger charge is 2.40. The molecule has 7 heteroatoms. The van der Waals surface area contributed by atoms with Crippen molar-refractivity contribution in [3.05, 3.63) is 58.9 Å². The van der Waals surface area contributed by atoms with E-state index >= 15 is 0 Å². The van der Waals surface area contributed by atoms with Crippen LogP contribution in [0.5, 0.6) is 0 Å². The summed E-state index contributed by atoms with van der Waals surface area (Å²) in [5.74, 6) is -0.567. The van der Waals surface area contributed by atoms with Gasteiger partial charge in [-0.3, -0.25) is 0 Å². The second-order valence-electron chi connectivity index (χ2n) is 5.69. The van der Waals surface area contributed by atoms with Crippen molar-refractivity contribution in [1.29, 1.82) is 0 Å². The second-order valence-corrected chi connectivity index (χ2v) is 8.98. The van der Waals surface area contributed by atoms with E-state index in [0.29, 0.717) is 23.6 Å². The maximum atomic E-state index is 14.3. The first kappa shape index (κ1) is 17.7. The smallest absolute Gasteiger partial charge is 0.235 e. The summed E-state index contributed by atoms with van der Waals surface area (Å²) in [5, 5.41) is 0.669. The number of anilines is 2. The molecule has 2 aromatic carbocycles. The van der Waals surface area contributed by atoms with Crippen molar-refractivity contribution < 1.29 is 12.8 Å². The van der Waals surface area contributed by atoms with Gasteiger partial charge in [-0.2, -0.15) is 0 Å². The standard InChI is InChI=1S/C17H16BrClFNO2S/c18-9-3-4-14-11-12-10-13(19)7-8-16(12)21(24(14,22)23)17-6-2-1-5-15(17)20/h1-2,5-8,10,14H,3-4,9,11H2. The van der Waals surface area contributed by atoms with Crippen LogP contribution in [-0.2, 0) is 16.4 Å². The zero-order chi connectivity index (χ0) is 17.3. The lowest BCUT2D eigenvalue weighted by molar-refractivity contribution is 0.561. The molecule has 0 amide bonds. The Hall–Kier alpha value is -1.11. The molecule has 0 bridgehead atoms. The van der Waals surface area contributed by atoms with Crippen LogP contribution in [0.15, 0.2) is 42.5 Å². The van der Waals surface area contributed by atoms with Gasteiger partial charge >= 0.3 is 0 Å². The Bertz CT molecular complexity index is 859. The van der Waals surface area contributed by atoms with Crippen molar-refractivity contribution in [2.75, 3.05) is 9.64 Å². The van der Waals surface area contributed by atoms with Crippen molar-refractivity contribution in [3.8, 4) is 0 Å². The lowest BCUT2D eigenvalue weighted by Crippen LogP contribution is -2.41. The first-order valence-corrected chi connectivity index (χ1v) is 10.6. The number of benzene rings is 2. The third kappa shape index (κ3) is 3.19. The molecule has 0 N–H and O–H groups in total. The summed E-state index contributed by atoms with van der Waals surface area (Å²) in [6.07, 6.45) is 1.62. The zero-order valence-electron chi connectivity index (χ0n) is 12.8. The number of hydrogen-bond donors (Lipinski definition) is 0. The predicted octanol–water partition coefficient (Wildman–Crippen LogP) is 5.05. The summed E-state index contributed by atoms with van der Waals surface area (Å²) >= 11 is 9.41. The first-order valence-electron chi connectivity index (χ1n) is 7.58. The summed E-state index contributed by atoms with van der Waals surface area (Å²) in [6.45, 7) is 0. The molecular weight excluding hydrogens is 417 g/mol. The van der Waals surface area contributed by atoms with Crippen LogP contribution in [0, 0.1) is 5.82 Å². The molecule has 3 nitrogen and oxygen atoms in total. The van der Waals surface area contributed by atoms with E-state index in [2.05, 4.69) is 15.9 Å². The highest BCUT2D eigenvalue weighted by atomic mass is 79.9. The average molecular weight is 433 g/mol. The third-order valence-corrected chi connectivity index (χ3v) is 7.06. The Morgan fingerprint density at radius 1 is 1.21 bits per heavy atom. The van der Waals surface area contributed by atoms with Gasteiger partial charge in [0.2, 0.25) is 10.0 Å². The molecule has 24 heavy (non-hydrogen) atoms. The number of rotatable bonds is 4. The first-order chi connectivity index (χ1) is 11.4. The minimum absolute atomic E-state index is 0.0459. The van der Waals surface area contributed by atoms with Crippen LogP contribution in [0.4, 0.5) is 15.8 Å². The number of sulfonamides is 1. The predicted molar refractivity (Wildman–Crippen MR) is 99.4 cm³/mol. The molecule has 0 fully saturated rings. The van der Waals surface area contributed by atoms with E-state index in [1.807, 2.05) is 0 Å². The molecule has 1 unspecified atom stereocenters. The Morgan fingerprint density at radius 2 is 1.96 bits per heavy atom. The molecule has 0 aromatic heterocycles. The lowest BCUT2D eigenvalue weighted by atomic mass is 10.0. The fraction of sp³-hybridized carbons (Fsp3) is 0.294. The lowest BCUT2D eigenvalue weighted by Gasteiger charge is -2.35. The van der Waals surface area contributed by atoms with E-state index in [1.165, 1.54) is 12.1 Å². The van der Waals surface area contributed by atoms with E-state index in [4.69, 9.17) is 11.6 Å². The van der Waals surface area contributed by atoms with Crippen molar-refractivity contribution in [2.24, 2.45) is 0 Å². The van der Waals surface area contributed by atoms with Crippen molar-refractivity contribution >= 4 is 48.9 Å². The molecular formula is C17H16BrClFNO2S. The summed E-state index contributed by atoms with van der Waals surface area (Å²) < 4.78 is 41.7. The molecule has 1 aliphatic heterocycles. The van der Waals surface area contributed by atoms with E-state index in [0.717, 1.165) is 21.6 Å². The van der Waals surface area contributed by atoms with Crippen LogP contribution in [0.2, 0.25) is 5.02 Å². The number of hydrogen-bond acceptors (Lipinski definition) is 2. The second kappa shape index (κ2) is 7.02. The molecule has 1 atom stereocenters. The van der Waals surface area contributed by atoms with Crippen molar-refractivity contribution in [1.82, 2.24) is 0 Å². The van der Waals surface area contributed by atoms with Gasteiger partial charge in [0.25, 0.3) is 0 Å². The van der Waals surface area contributed by atoms with Crippen LogP contribution in [0.1, 0.15) is 18.4 Å². The number of fused-ring (bicyclic) bond motifs is 1. The van der Waals surface area contributed by atoms with E-state index in [9.17, 15) is 12.8 Å². The highest BCUT2D eigenvalue weighted by Crippen LogP contribution is 2.41. The highest BCUT2D eigenvalue weighted by molar-refractivity contribution is 9.09. The molecule has 3 rings (SSSR count). The number of para-hydroxylation sites is 1. The number of halogens is 3. The third-order valence-electron chi connectivity index (χ3n) is 4.11. The molecule has 128 valence electrons. The normalized spacial score (nSPS) is 19.1.